The summed E-state index contributed by atoms with van der Waals surface area (Å²) >= 11 is 0. The van der Waals surface area contributed by atoms with Gasteiger partial charge in [-0.15, -0.1) is 0 Å². The molecule has 0 aromatic carbocycles. The van der Waals surface area contributed by atoms with Crippen molar-refractivity contribution in [3.05, 3.63) is 18.0 Å². The first kappa shape index (κ1) is 14.2. The topological polar surface area (TPSA) is 89.5 Å². The molecule has 2 heterocycles. The fourth-order valence-corrected chi connectivity index (χ4v) is 3.78. The number of nitrogens with zero attached hydrogens (tertiary/aromatic N) is 3. The van der Waals surface area contributed by atoms with Crippen LogP contribution in [0.15, 0.2) is 12.4 Å². The van der Waals surface area contributed by atoms with Crippen LogP contribution in [0.4, 0.5) is 5.95 Å². The minimum atomic E-state index is -2.92. The van der Waals surface area contributed by atoms with E-state index in [1.54, 1.807) is 12.4 Å². The number of hydrogen-bond donors (Lipinski definition) is 0. The van der Waals surface area contributed by atoms with Crippen molar-refractivity contribution >= 4 is 21.8 Å². The molecule has 114 valence electrons. The SMILES string of the molecule is COC(=O)C1(c2cnc(N3CCS(=O)(=O)CC3)nc2)CC1. The summed E-state index contributed by atoms with van der Waals surface area (Å²) in [5.41, 5.74) is 0.196. The van der Waals surface area contributed by atoms with Gasteiger partial charge >= 0.3 is 5.97 Å². The average molecular weight is 311 g/mol. The molecule has 1 aliphatic carbocycles. The van der Waals surface area contributed by atoms with Crippen molar-refractivity contribution in [2.75, 3.05) is 36.6 Å². The maximum absolute atomic E-state index is 11.8. The van der Waals surface area contributed by atoms with Crippen molar-refractivity contribution in [2.45, 2.75) is 18.3 Å². The third-order valence-corrected chi connectivity index (χ3v) is 5.75. The highest BCUT2D eigenvalue weighted by Gasteiger charge is 2.53. The number of anilines is 1. The summed E-state index contributed by atoms with van der Waals surface area (Å²) < 4.78 is 27.7. The van der Waals surface area contributed by atoms with E-state index >= 15 is 0 Å². The summed E-state index contributed by atoms with van der Waals surface area (Å²) in [5.74, 6) is 0.520. The van der Waals surface area contributed by atoms with Crippen LogP contribution in [-0.2, 0) is 24.8 Å². The predicted octanol–water partition coefficient (Wildman–Crippen LogP) is -0.0840. The minimum absolute atomic E-state index is 0.129. The molecule has 0 atom stereocenters. The largest absolute Gasteiger partial charge is 0.468 e. The van der Waals surface area contributed by atoms with Crippen LogP contribution in [0.5, 0.6) is 0 Å². The van der Waals surface area contributed by atoms with Crippen molar-refractivity contribution in [2.24, 2.45) is 0 Å². The number of methoxy groups -OCH3 is 1. The number of hydrogen-bond acceptors (Lipinski definition) is 7. The molecule has 1 saturated heterocycles. The van der Waals surface area contributed by atoms with E-state index in [4.69, 9.17) is 4.74 Å². The molecule has 21 heavy (non-hydrogen) atoms. The number of carbonyl (C=O) groups excluding carboxylic acids is 1. The van der Waals surface area contributed by atoms with Crippen molar-refractivity contribution in [1.29, 1.82) is 0 Å². The van der Waals surface area contributed by atoms with E-state index < -0.39 is 15.3 Å². The molecule has 0 N–H and O–H groups in total. The van der Waals surface area contributed by atoms with Crippen molar-refractivity contribution in [3.8, 4) is 0 Å². The molecule has 1 aromatic rings. The summed E-state index contributed by atoms with van der Waals surface area (Å²) in [6.45, 7) is 0.813. The zero-order chi connectivity index (χ0) is 15.1. The highest BCUT2D eigenvalue weighted by atomic mass is 32.2. The van der Waals surface area contributed by atoms with E-state index in [9.17, 15) is 13.2 Å². The van der Waals surface area contributed by atoms with Crippen LogP contribution < -0.4 is 4.90 Å². The van der Waals surface area contributed by atoms with Gasteiger partial charge in [0.15, 0.2) is 9.84 Å². The van der Waals surface area contributed by atoms with E-state index in [0.29, 0.717) is 19.0 Å². The van der Waals surface area contributed by atoms with E-state index in [-0.39, 0.29) is 17.5 Å². The van der Waals surface area contributed by atoms with Gasteiger partial charge in [-0.25, -0.2) is 18.4 Å². The van der Waals surface area contributed by atoms with Gasteiger partial charge in [-0.2, -0.15) is 0 Å². The molecule has 1 aliphatic heterocycles. The zero-order valence-electron chi connectivity index (χ0n) is 11.8. The molecule has 0 unspecified atom stereocenters. The molecule has 3 rings (SSSR count). The third-order valence-electron chi connectivity index (χ3n) is 4.14. The van der Waals surface area contributed by atoms with E-state index in [2.05, 4.69) is 9.97 Å². The Bertz CT molecular complexity index is 638. The highest BCUT2D eigenvalue weighted by molar-refractivity contribution is 7.91. The van der Waals surface area contributed by atoms with Gasteiger partial charge in [0.2, 0.25) is 5.95 Å². The van der Waals surface area contributed by atoms with Gasteiger partial charge in [-0.3, -0.25) is 4.79 Å². The van der Waals surface area contributed by atoms with E-state index in [1.165, 1.54) is 7.11 Å². The van der Waals surface area contributed by atoms with Gasteiger partial charge in [0, 0.05) is 31.0 Å². The Morgan fingerprint density at radius 1 is 1.24 bits per heavy atom. The number of carbonyl (C=O) groups is 1. The van der Waals surface area contributed by atoms with Gasteiger partial charge in [0.1, 0.15) is 0 Å². The Morgan fingerprint density at radius 3 is 2.29 bits per heavy atom. The number of rotatable bonds is 3. The first-order chi connectivity index (χ1) is 9.97. The Kier molecular flexibility index (Phi) is 3.35. The molecule has 0 radical (unpaired) electrons. The lowest BCUT2D eigenvalue weighted by molar-refractivity contribution is -0.143. The standard InChI is InChI=1S/C13H17N3O4S/c1-20-11(17)13(2-3-13)10-8-14-12(15-9-10)16-4-6-21(18,19)7-5-16/h8-9H,2-7H2,1H3. The van der Waals surface area contributed by atoms with Crippen LogP contribution in [0.25, 0.3) is 0 Å². The summed E-state index contributed by atoms with van der Waals surface area (Å²) in [5, 5.41) is 0. The molecule has 0 amide bonds. The highest BCUT2D eigenvalue weighted by Crippen LogP contribution is 2.48. The molecular weight excluding hydrogens is 294 g/mol. The van der Waals surface area contributed by atoms with E-state index in [1.807, 2.05) is 4.90 Å². The maximum atomic E-state index is 11.8. The van der Waals surface area contributed by atoms with Gasteiger partial charge in [0.25, 0.3) is 0 Å². The van der Waals surface area contributed by atoms with Crippen LogP contribution in [0.1, 0.15) is 18.4 Å². The second-order valence-electron chi connectivity index (χ2n) is 5.48. The van der Waals surface area contributed by atoms with Crippen molar-refractivity contribution in [3.63, 3.8) is 0 Å². The molecule has 2 aliphatic rings. The molecular formula is C13H17N3O4S. The summed E-state index contributed by atoms with van der Waals surface area (Å²) in [6, 6.07) is 0. The minimum Gasteiger partial charge on any atom is -0.468 e. The van der Waals surface area contributed by atoms with Gasteiger partial charge < -0.3 is 9.64 Å². The fourth-order valence-electron chi connectivity index (χ4n) is 2.58. The number of aromatic nitrogens is 2. The van der Waals surface area contributed by atoms with Gasteiger partial charge in [-0.1, -0.05) is 0 Å². The molecule has 0 bridgehead atoms. The Hall–Kier alpha value is -1.70. The van der Waals surface area contributed by atoms with Gasteiger partial charge in [-0.05, 0) is 12.8 Å². The summed E-state index contributed by atoms with van der Waals surface area (Å²) in [6.07, 6.45) is 4.80. The third kappa shape index (κ3) is 2.59. The molecule has 0 spiro atoms. The Morgan fingerprint density at radius 2 is 1.81 bits per heavy atom. The predicted molar refractivity (Wildman–Crippen MR) is 75.8 cm³/mol. The Balaban J connectivity index is 1.75. The lowest BCUT2D eigenvalue weighted by atomic mass is 10.00. The molecule has 2 fully saturated rings. The van der Waals surface area contributed by atoms with E-state index in [0.717, 1.165) is 18.4 Å². The number of esters is 1. The number of ether oxygens (including phenoxy) is 1. The van der Waals surface area contributed by atoms with Crippen LogP contribution in [0.3, 0.4) is 0 Å². The second-order valence-corrected chi connectivity index (χ2v) is 7.79. The molecule has 8 heteroatoms. The first-order valence-electron chi connectivity index (χ1n) is 6.83. The lowest BCUT2D eigenvalue weighted by Crippen LogP contribution is -2.41. The average Bonchev–Trinajstić information content (AvgIpc) is 3.28. The quantitative estimate of drug-likeness (QED) is 0.721. The molecule has 7 nitrogen and oxygen atoms in total. The number of sulfone groups is 1. The summed E-state index contributed by atoms with van der Waals surface area (Å²) in [7, 11) is -1.54. The fraction of sp³-hybridized carbons (Fsp3) is 0.615. The van der Waals surface area contributed by atoms with Crippen LogP contribution in [0.2, 0.25) is 0 Å². The summed E-state index contributed by atoms with van der Waals surface area (Å²) in [4.78, 5) is 22.2. The maximum Gasteiger partial charge on any atom is 0.316 e. The normalized spacial score (nSPS) is 22.6. The lowest BCUT2D eigenvalue weighted by Gasteiger charge is -2.26. The Labute approximate surface area is 123 Å². The van der Waals surface area contributed by atoms with Crippen molar-refractivity contribution < 1.29 is 17.9 Å². The second kappa shape index (κ2) is 4.94. The smallest absolute Gasteiger partial charge is 0.316 e. The van der Waals surface area contributed by atoms with Gasteiger partial charge in [0.05, 0.1) is 24.0 Å². The monoisotopic (exact) mass is 311 g/mol. The first-order valence-corrected chi connectivity index (χ1v) is 8.65. The van der Waals surface area contributed by atoms with Crippen LogP contribution in [0, 0.1) is 0 Å². The molecule has 1 saturated carbocycles. The zero-order valence-corrected chi connectivity index (χ0v) is 12.6. The van der Waals surface area contributed by atoms with Crippen LogP contribution >= 0.6 is 0 Å². The van der Waals surface area contributed by atoms with Crippen molar-refractivity contribution in [1.82, 2.24) is 9.97 Å². The van der Waals surface area contributed by atoms with Crippen LogP contribution in [-0.4, -0.2) is 56.1 Å². The molecule has 1 aromatic heterocycles.